The summed E-state index contributed by atoms with van der Waals surface area (Å²) in [6, 6.07) is 0. The van der Waals surface area contributed by atoms with E-state index in [1.54, 1.807) is 0 Å². The Morgan fingerprint density at radius 1 is 1.00 bits per heavy atom. The number of halogens is 1. The van der Waals surface area contributed by atoms with Crippen LogP contribution in [-0.4, -0.2) is 65.5 Å². The van der Waals surface area contributed by atoms with Gasteiger partial charge in [0, 0.05) is 6.38 Å². The van der Waals surface area contributed by atoms with E-state index in [9.17, 15) is 0 Å². The molecule has 0 bridgehead atoms. The standard InChI is InChI=1S/CH3Cl.2Na.2H/c1-2;;;;/h1H3;;;;. The van der Waals surface area contributed by atoms with Crippen LogP contribution in [0, 0.1) is 0 Å². The van der Waals surface area contributed by atoms with E-state index in [0.29, 0.717) is 0 Å². The minimum atomic E-state index is 0. The Kier molecular flexibility index (Phi) is 75.5. The van der Waals surface area contributed by atoms with Gasteiger partial charge in [-0.05, 0) is 0 Å². The number of rotatable bonds is 0. The molecule has 0 aromatic rings. The minimum absolute atomic E-state index is 0. The normalized spacial score (nSPS) is 1.50. The summed E-state index contributed by atoms with van der Waals surface area (Å²) in [5, 5.41) is 0. The molecule has 0 saturated heterocycles. The van der Waals surface area contributed by atoms with Crippen LogP contribution in [0.5, 0.6) is 0 Å². The van der Waals surface area contributed by atoms with Crippen molar-refractivity contribution >= 4 is 70.7 Å². The molecule has 0 aromatic carbocycles. The zero-order chi connectivity index (χ0) is 2.00. The van der Waals surface area contributed by atoms with Crippen molar-refractivity contribution in [3.05, 3.63) is 0 Å². The first-order chi connectivity index (χ1) is 1.00. The Labute approximate surface area is 75.9 Å². The van der Waals surface area contributed by atoms with Crippen molar-refractivity contribution in [1.29, 1.82) is 0 Å². The van der Waals surface area contributed by atoms with Gasteiger partial charge in [0.2, 0.25) is 0 Å². The molecule has 0 atom stereocenters. The third kappa shape index (κ3) is 8.85. The van der Waals surface area contributed by atoms with Gasteiger partial charge in [-0.3, -0.25) is 0 Å². The molecular weight excluding hydrogens is 93.4 g/mol. The second kappa shape index (κ2) is 18.6. The van der Waals surface area contributed by atoms with Crippen LogP contribution in [0.15, 0.2) is 0 Å². The van der Waals surface area contributed by atoms with E-state index in [-0.39, 0.29) is 59.1 Å². The molecule has 0 spiro atoms. The van der Waals surface area contributed by atoms with Crippen LogP contribution in [-0.2, 0) is 0 Å². The van der Waals surface area contributed by atoms with Gasteiger partial charge < -0.3 is 0 Å². The molecule has 0 aliphatic heterocycles. The third-order valence-electron chi connectivity index (χ3n) is 0. The van der Waals surface area contributed by atoms with Crippen molar-refractivity contribution in [3.63, 3.8) is 0 Å². The molecule has 0 fully saturated rings. The van der Waals surface area contributed by atoms with Crippen LogP contribution in [0.4, 0.5) is 0 Å². The zero-order valence-electron chi connectivity index (χ0n) is 1.38. The van der Waals surface area contributed by atoms with Crippen LogP contribution >= 0.6 is 11.6 Å². The van der Waals surface area contributed by atoms with Gasteiger partial charge in [0.05, 0.1) is 0 Å². The maximum absolute atomic E-state index is 4.64. The summed E-state index contributed by atoms with van der Waals surface area (Å²) in [6.45, 7) is 0. The molecule has 0 radical (unpaired) electrons. The van der Waals surface area contributed by atoms with E-state index in [0.717, 1.165) is 0 Å². The Balaban J connectivity index is -0.00000000500. The topological polar surface area (TPSA) is 0 Å². The van der Waals surface area contributed by atoms with Crippen LogP contribution in [0.3, 0.4) is 0 Å². The third-order valence-corrected chi connectivity index (χ3v) is 0. The Hall–Kier alpha value is 2.29. The first-order valence-electron chi connectivity index (χ1n) is 0.378. The summed E-state index contributed by atoms with van der Waals surface area (Å²) in [7, 11) is 0. The van der Waals surface area contributed by atoms with Gasteiger partial charge in [-0.25, -0.2) is 0 Å². The quantitative estimate of drug-likeness (QED) is 0.285. The molecule has 0 heterocycles. The Morgan fingerprint density at radius 2 is 1.00 bits per heavy atom. The number of hydrogen-bond acceptors (Lipinski definition) is 0. The number of alkyl halides is 1. The predicted molar refractivity (Wildman–Crippen MR) is 26.1 cm³/mol. The van der Waals surface area contributed by atoms with Crippen LogP contribution in [0.25, 0.3) is 0 Å². The SMILES string of the molecule is CCl.[NaH].[NaH]. The number of hydrogen-bond donors (Lipinski definition) is 0. The van der Waals surface area contributed by atoms with Gasteiger partial charge in [0.1, 0.15) is 0 Å². The average molecular weight is 98.5 g/mol. The molecule has 18 valence electrons. The molecule has 0 N–H and O–H groups in total. The van der Waals surface area contributed by atoms with Crippen LogP contribution in [0.1, 0.15) is 0 Å². The van der Waals surface area contributed by atoms with Gasteiger partial charge in [0.25, 0.3) is 0 Å². The summed E-state index contributed by atoms with van der Waals surface area (Å²) in [5.41, 5.74) is 0. The van der Waals surface area contributed by atoms with Crippen molar-refractivity contribution in [2.24, 2.45) is 0 Å². The molecule has 3 heteroatoms. The predicted octanol–water partition coefficient (Wildman–Crippen LogP) is -0.442. The van der Waals surface area contributed by atoms with Gasteiger partial charge in [-0.15, -0.1) is 11.6 Å². The van der Waals surface area contributed by atoms with E-state index < -0.39 is 0 Å². The fourth-order valence-corrected chi connectivity index (χ4v) is 0. The molecule has 0 aliphatic carbocycles. The molecule has 0 aliphatic rings. The van der Waals surface area contributed by atoms with Crippen molar-refractivity contribution in [1.82, 2.24) is 0 Å². The molecule has 0 aromatic heterocycles. The molecular formula is CH5ClNa2. The van der Waals surface area contributed by atoms with Gasteiger partial charge in [0.15, 0.2) is 0 Å². The van der Waals surface area contributed by atoms with Crippen LogP contribution in [0.2, 0.25) is 0 Å². The van der Waals surface area contributed by atoms with Gasteiger partial charge >= 0.3 is 59.1 Å². The maximum atomic E-state index is 4.64. The summed E-state index contributed by atoms with van der Waals surface area (Å²) in [6.07, 6.45) is 1.47. The fraction of sp³-hybridized carbons (Fsp3) is 1.00. The van der Waals surface area contributed by atoms with E-state index >= 15 is 0 Å². The van der Waals surface area contributed by atoms with Gasteiger partial charge in [-0.2, -0.15) is 0 Å². The molecule has 4 heavy (non-hydrogen) atoms. The van der Waals surface area contributed by atoms with Crippen molar-refractivity contribution in [2.75, 3.05) is 6.38 Å². The molecule has 0 unspecified atom stereocenters. The summed E-state index contributed by atoms with van der Waals surface area (Å²) < 4.78 is 0. The summed E-state index contributed by atoms with van der Waals surface area (Å²) in [4.78, 5) is 0. The second-order valence-electron chi connectivity index (χ2n) is 0. The average Bonchev–Trinajstić information content (AvgIpc) is 1.00. The van der Waals surface area contributed by atoms with Crippen LogP contribution < -0.4 is 0 Å². The van der Waals surface area contributed by atoms with E-state index in [2.05, 4.69) is 11.6 Å². The van der Waals surface area contributed by atoms with E-state index in [1.807, 2.05) is 0 Å². The summed E-state index contributed by atoms with van der Waals surface area (Å²) in [5.74, 6) is 0. The molecule has 0 saturated carbocycles. The van der Waals surface area contributed by atoms with Crippen molar-refractivity contribution in [3.8, 4) is 0 Å². The molecule has 0 rings (SSSR count). The molecule has 0 amide bonds. The monoisotopic (exact) mass is 98.0 g/mol. The van der Waals surface area contributed by atoms with E-state index in [1.165, 1.54) is 6.38 Å². The second-order valence-corrected chi connectivity index (χ2v) is 0. The Morgan fingerprint density at radius 3 is 1.00 bits per heavy atom. The first kappa shape index (κ1) is 16.3. The van der Waals surface area contributed by atoms with Gasteiger partial charge in [-0.1, -0.05) is 0 Å². The molecule has 0 nitrogen and oxygen atoms in total. The fourth-order valence-electron chi connectivity index (χ4n) is 0. The first-order valence-corrected chi connectivity index (χ1v) is 1.13. The summed E-state index contributed by atoms with van der Waals surface area (Å²) >= 11 is 4.64. The van der Waals surface area contributed by atoms with E-state index in [4.69, 9.17) is 0 Å². The van der Waals surface area contributed by atoms with Crippen molar-refractivity contribution in [2.45, 2.75) is 0 Å². The zero-order valence-corrected chi connectivity index (χ0v) is 2.13. The Bertz CT molecular complexity index is 6.00. The van der Waals surface area contributed by atoms with Crippen molar-refractivity contribution < 1.29 is 0 Å².